The molecule has 11 heteroatoms. The SMILES string of the molecule is CN1C(=O)C2CC=C3C(CC4(Cl)C(=O)N(CBr)C(=O)C4(Cl)C3c3ccccc3OCCO)C2C1=O. The summed E-state index contributed by atoms with van der Waals surface area (Å²) < 4.78 is 5.78. The topological polar surface area (TPSA) is 104 Å². The number of rotatable bonds is 5. The van der Waals surface area contributed by atoms with Gasteiger partial charge in [-0.25, -0.2) is 0 Å². The molecule has 4 amide bonds. The number of aliphatic hydroxyl groups is 1. The molecule has 2 heterocycles. The zero-order valence-electron chi connectivity index (χ0n) is 18.7. The zero-order valence-corrected chi connectivity index (χ0v) is 21.8. The number of carbonyl (C=O) groups is 4. The molecule has 1 aromatic rings. The Hall–Kier alpha value is -1.94. The number of carbonyl (C=O) groups excluding carboxylic acids is 4. The van der Waals surface area contributed by atoms with Crippen LogP contribution < -0.4 is 4.74 Å². The molecule has 1 aromatic carbocycles. The van der Waals surface area contributed by atoms with Crippen LogP contribution in [0, 0.1) is 17.8 Å². The lowest BCUT2D eigenvalue weighted by Crippen LogP contribution is -2.60. The molecule has 4 aliphatic rings. The van der Waals surface area contributed by atoms with Crippen molar-refractivity contribution in [3.05, 3.63) is 41.5 Å². The molecule has 186 valence electrons. The van der Waals surface area contributed by atoms with Crippen molar-refractivity contribution in [1.29, 1.82) is 0 Å². The normalized spacial score (nSPS) is 36.2. The maximum atomic E-state index is 13.7. The van der Waals surface area contributed by atoms with Gasteiger partial charge >= 0.3 is 0 Å². The number of hydrogen-bond acceptors (Lipinski definition) is 6. The van der Waals surface area contributed by atoms with Crippen LogP contribution in [-0.4, -0.2) is 74.0 Å². The summed E-state index contributed by atoms with van der Waals surface area (Å²) in [4.78, 5) is 51.6. The number of likely N-dealkylation sites (tertiary alicyclic amines) is 2. The van der Waals surface area contributed by atoms with Crippen molar-refractivity contribution >= 4 is 62.8 Å². The van der Waals surface area contributed by atoms with Crippen molar-refractivity contribution in [2.24, 2.45) is 17.8 Å². The fraction of sp³-hybridized carbons (Fsp3) is 0.500. The molecule has 1 saturated carbocycles. The Labute approximate surface area is 220 Å². The lowest BCUT2D eigenvalue weighted by Gasteiger charge is -2.51. The Balaban J connectivity index is 1.75. The van der Waals surface area contributed by atoms with Crippen molar-refractivity contribution in [2.45, 2.75) is 28.5 Å². The summed E-state index contributed by atoms with van der Waals surface area (Å²) in [7, 11) is 1.46. The molecular formula is C24H23BrCl2N2O6. The quantitative estimate of drug-likeness (QED) is 0.246. The highest BCUT2D eigenvalue weighted by molar-refractivity contribution is 9.09. The molecular weight excluding hydrogens is 563 g/mol. The van der Waals surface area contributed by atoms with Gasteiger partial charge in [-0.2, -0.15) is 0 Å². The number of ether oxygens (including phenoxy) is 1. The van der Waals surface area contributed by atoms with E-state index in [1.165, 1.54) is 7.05 Å². The van der Waals surface area contributed by atoms with Crippen molar-refractivity contribution in [3.8, 4) is 5.75 Å². The number of para-hydroxylation sites is 1. The number of benzene rings is 1. The van der Waals surface area contributed by atoms with Gasteiger partial charge in [0.15, 0.2) is 9.75 Å². The molecule has 35 heavy (non-hydrogen) atoms. The van der Waals surface area contributed by atoms with E-state index >= 15 is 0 Å². The Morgan fingerprint density at radius 3 is 2.51 bits per heavy atom. The number of alkyl halides is 3. The van der Waals surface area contributed by atoms with Gasteiger partial charge in [0, 0.05) is 18.5 Å². The minimum absolute atomic E-state index is 0.0103. The zero-order chi connectivity index (χ0) is 25.3. The number of allylic oxidation sites excluding steroid dienone is 2. The fourth-order valence-corrected chi connectivity index (χ4v) is 7.68. The first kappa shape index (κ1) is 24.7. The number of imide groups is 2. The first-order valence-electron chi connectivity index (χ1n) is 11.3. The van der Waals surface area contributed by atoms with Gasteiger partial charge < -0.3 is 9.84 Å². The van der Waals surface area contributed by atoms with Crippen LogP contribution in [0.3, 0.4) is 0 Å². The molecule has 0 radical (unpaired) electrons. The number of nitrogens with zero attached hydrogens (tertiary/aromatic N) is 2. The van der Waals surface area contributed by atoms with Crippen LogP contribution in [0.15, 0.2) is 35.9 Å². The van der Waals surface area contributed by atoms with E-state index in [1.54, 1.807) is 24.3 Å². The molecule has 2 saturated heterocycles. The Morgan fingerprint density at radius 2 is 1.83 bits per heavy atom. The van der Waals surface area contributed by atoms with Gasteiger partial charge in [-0.05, 0) is 24.8 Å². The average Bonchev–Trinajstić information content (AvgIpc) is 3.16. The third kappa shape index (κ3) is 3.14. The average molecular weight is 586 g/mol. The van der Waals surface area contributed by atoms with Crippen LogP contribution in [-0.2, 0) is 19.2 Å². The lowest BCUT2D eigenvalue weighted by molar-refractivity contribution is -0.140. The molecule has 0 bridgehead atoms. The molecule has 2 aliphatic heterocycles. The second kappa shape index (κ2) is 8.57. The van der Waals surface area contributed by atoms with E-state index in [0.29, 0.717) is 23.3 Å². The van der Waals surface area contributed by atoms with Gasteiger partial charge in [-0.3, -0.25) is 29.0 Å². The van der Waals surface area contributed by atoms with Gasteiger partial charge in [0.2, 0.25) is 11.8 Å². The second-order valence-electron chi connectivity index (χ2n) is 9.33. The first-order valence-corrected chi connectivity index (χ1v) is 13.1. The van der Waals surface area contributed by atoms with Crippen molar-refractivity contribution in [3.63, 3.8) is 0 Å². The van der Waals surface area contributed by atoms with E-state index in [2.05, 4.69) is 15.9 Å². The second-order valence-corrected chi connectivity index (χ2v) is 11.1. The van der Waals surface area contributed by atoms with Gasteiger partial charge in [-0.1, -0.05) is 45.8 Å². The Morgan fingerprint density at radius 1 is 1.11 bits per heavy atom. The summed E-state index contributed by atoms with van der Waals surface area (Å²) in [6.45, 7) is -0.215. The summed E-state index contributed by atoms with van der Waals surface area (Å²) in [5.41, 5.74) is 1.14. The number of hydrogen-bond donors (Lipinski definition) is 1. The Kier molecular flexibility index (Phi) is 6.06. The molecule has 6 atom stereocenters. The summed E-state index contributed by atoms with van der Waals surface area (Å²) in [5, 5.41) is 9.31. The number of halogens is 3. The first-order chi connectivity index (χ1) is 16.6. The molecule has 3 fully saturated rings. The molecule has 5 rings (SSSR count). The summed E-state index contributed by atoms with van der Waals surface area (Å²) in [6.07, 6.45) is 2.13. The number of aliphatic hydroxyl groups excluding tert-OH is 1. The molecule has 0 aromatic heterocycles. The minimum Gasteiger partial charge on any atom is -0.491 e. The summed E-state index contributed by atoms with van der Waals surface area (Å²) >= 11 is 17.5. The van der Waals surface area contributed by atoms with Crippen molar-refractivity contribution < 1.29 is 29.0 Å². The molecule has 0 spiro atoms. The van der Waals surface area contributed by atoms with Gasteiger partial charge in [0.25, 0.3) is 11.8 Å². The highest BCUT2D eigenvalue weighted by Crippen LogP contribution is 2.66. The predicted molar refractivity (Wildman–Crippen MR) is 130 cm³/mol. The molecule has 8 nitrogen and oxygen atoms in total. The lowest BCUT2D eigenvalue weighted by atomic mass is 9.56. The van der Waals surface area contributed by atoms with E-state index in [4.69, 9.17) is 27.9 Å². The van der Waals surface area contributed by atoms with Crippen LogP contribution in [0.1, 0.15) is 24.3 Å². The number of amides is 4. The van der Waals surface area contributed by atoms with Gasteiger partial charge in [-0.15, -0.1) is 23.2 Å². The highest BCUT2D eigenvalue weighted by Gasteiger charge is 2.76. The monoisotopic (exact) mass is 584 g/mol. The van der Waals surface area contributed by atoms with Crippen LogP contribution in [0.4, 0.5) is 0 Å². The van der Waals surface area contributed by atoms with Gasteiger partial charge in [0.05, 0.1) is 23.9 Å². The highest BCUT2D eigenvalue weighted by atomic mass is 79.9. The molecule has 1 N–H and O–H groups in total. The van der Waals surface area contributed by atoms with Crippen LogP contribution in [0.2, 0.25) is 0 Å². The maximum Gasteiger partial charge on any atom is 0.254 e. The van der Waals surface area contributed by atoms with E-state index < -0.39 is 45.2 Å². The predicted octanol–water partition coefficient (Wildman–Crippen LogP) is 2.40. The summed E-state index contributed by atoms with van der Waals surface area (Å²) in [6, 6.07) is 6.95. The largest absolute Gasteiger partial charge is 0.491 e. The van der Waals surface area contributed by atoms with E-state index in [9.17, 15) is 24.3 Å². The Bertz CT molecular complexity index is 1180. The minimum atomic E-state index is -1.88. The smallest absolute Gasteiger partial charge is 0.254 e. The van der Waals surface area contributed by atoms with Crippen molar-refractivity contribution in [2.75, 3.05) is 25.7 Å². The van der Waals surface area contributed by atoms with Gasteiger partial charge in [0.1, 0.15) is 12.4 Å². The van der Waals surface area contributed by atoms with E-state index in [1.807, 2.05) is 6.08 Å². The standard InChI is InChI=1S/C24H23BrCl2N2O6/c1-28-19(31)14-7-6-12-15(17(14)20(28)32)10-23(26)21(33)29(11-25)22(34)24(23,27)18(12)13-4-2-3-5-16(13)35-9-8-30/h2-6,14-15,17-18,30H,7-11H2,1H3. The van der Waals surface area contributed by atoms with Crippen LogP contribution >= 0.6 is 39.1 Å². The maximum absolute atomic E-state index is 13.7. The van der Waals surface area contributed by atoms with E-state index in [0.717, 1.165) is 9.80 Å². The fourth-order valence-electron chi connectivity index (χ4n) is 6.26. The van der Waals surface area contributed by atoms with Crippen molar-refractivity contribution in [1.82, 2.24) is 9.80 Å². The van der Waals surface area contributed by atoms with Crippen LogP contribution in [0.5, 0.6) is 5.75 Å². The van der Waals surface area contributed by atoms with Crippen LogP contribution in [0.25, 0.3) is 0 Å². The van der Waals surface area contributed by atoms with E-state index in [-0.39, 0.29) is 36.9 Å². The number of fused-ring (bicyclic) bond motifs is 4. The molecule has 6 unspecified atom stereocenters. The molecule has 2 aliphatic carbocycles. The third-order valence-electron chi connectivity index (χ3n) is 7.81. The third-order valence-corrected chi connectivity index (χ3v) is 9.73. The summed E-state index contributed by atoms with van der Waals surface area (Å²) in [5.74, 6) is -4.18.